The third-order valence-electron chi connectivity index (χ3n) is 18.9. The van der Waals surface area contributed by atoms with E-state index in [0.29, 0.717) is 0 Å². The molecule has 0 bridgehead atoms. The second-order valence-corrected chi connectivity index (χ2v) is 26.9. The molecule has 0 amide bonds. The molecule has 0 spiro atoms. The molecule has 16 aromatic rings. The van der Waals surface area contributed by atoms with Gasteiger partial charge in [0.05, 0.1) is 11.1 Å². The average Bonchev–Trinajstić information content (AvgIpc) is 1.70. The zero-order chi connectivity index (χ0) is 63.0. The Balaban J connectivity index is 0.944. The third-order valence-corrected chi connectivity index (χ3v) is 18.9. The van der Waals surface area contributed by atoms with Crippen LogP contribution in [-0.2, 0) is 10.8 Å². The molecule has 3 nitrogen and oxygen atoms in total. The minimum absolute atomic E-state index is 0.00357. The number of anilines is 6. The van der Waals surface area contributed by atoms with Crippen LogP contribution < -0.4 is 9.80 Å². The Bertz CT molecular complexity index is 5480. The SMILES string of the molecule is CC(C)(C)c1ccc(N(c2ccc(-c3ccc4ccccc4c3)cc2)c2ccc3c(-c4ccccc4)c(-c4c(-c5ccccc5)cc(N(c5ccc(-c6ccc7ccccc7c6)cc5)c5ccc(C(C)(C)C)cc5)c5c4oc4ccccc45)c4ccccc4c3c2)cc1. The van der Waals surface area contributed by atoms with E-state index in [1.54, 1.807) is 0 Å². The Morgan fingerprint density at radius 2 is 0.677 bits per heavy atom. The van der Waals surface area contributed by atoms with Crippen molar-refractivity contribution in [3.63, 3.8) is 0 Å². The molecule has 0 aliphatic heterocycles. The number of rotatable bonds is 11. The second kappa shape index (κ2) is 22.9. The first-order chi connectivity index (χ1) is 45.4. The predicted molar refractivity (Wildman–Crippen MR) is 398 cm³/mol. The Kier molecular flexibility index (Phi) is 14.0. The van der Waals surface area contributed by atoms with Crippen molar-refractivity contribution in [3.8, 4) is 55.6 Å². The summed E-state index contributed by atoms with van der Waals surface area (Å²) in [5.41, 5.74) is 21.8. The van der Waals surface area contributed by atoms with Crippen molar-refractivity contribution in [3.05, 3.63) is 327 Å². The van der Waals surface area contributed by atoms with Crippen LogP contribution >= 0.6 is 0 Å². The van der Waals surface area contributed by atoms with Gasteiger partial charge in [-0.25, -0.2) is 0 Å². The lowest BCUT2D eigenvalue weighted by Gasteiger charge is -2.30. The number of para-hydroxylation sites is 1. The summed E-state index contributed by atoms with van der Waals surface area (Å²) in [4.78, 5) is 4.87. The lowest BCUT2D eigenvalue weighted by atomic mass is 9.81. The molecule has 0 aliphatic rings. The van der Waals surface area contributed by atoms with Gasteiger partial charge >= 0.3 is 0 Å². The van der Waals surface area contributed by atoms with Crippen molar-refractivity contribution in [2.24, 2.45) is 0 Å². The van der Waals surface area contributed by atoms with Gasteiger partial charge in [-0.2, -0.15) is 0 Å². The van der Waals surface area contributed by atoms with Crippen LogP contribution in [0, 0.1) is 0 Å². The van der Waals surface area contributed by atoms with Crippen LogP contribution in [0.15, 0.2) is 320 Å². The number of nitrogens with zero attached hydrogens (tertiary/aromatic N) is 2. The smallest absolute Gasteiger partial charge is 0.146 e. The van der Waals surface area contributed by atoms with Gasteiger partial charge in [0.2, 0.25) is 0 Å². The molecule has 0 saturated carbocycles. The van der Waals surface area contributed by atoms with Crippen LogP contribution in [0.25, 0.3) is 121 Å². The van der Waals surface area contributed by atoms with Gasteiger partial charge in [-0.15, -0.1) is 0 Å². The lowest BCUT2D eigenvalue weighted by Crippen LogP contribution is -2.13. The standard InChI is InChI=1S/C90H70N2O/c1-89(2,3)69-41-49-72(50-42-69)91(71-45-37-61(38-46-71)67-35-33-59-21-13-15-27-65(59)55-67)75-53-54-78-81(57-75)76-29-17-18-30-77(76)86(84(78)64-25-11-8-12-26-64)87-80(63-23-9-7-10-24-63)58-82(85-79-31-19-20-32-83(79)93-88(85)87)92(74-51-43-70(44-52-74)90(4,5)6)73-47-39-62(40-48-73)68-36-34-60-22-14-16-28-66(60)56-68/h7-58H,1-6H3. The van der Waals surface area contributed by atoms with Gasteiger partial charge < -0.3 is 14.2 Å². The molecule has 93 heavy (non-hydrogen) atoms. The van der Waals surface area contributed by atoms with E-state index >= 15 is 0 Å². The molecule has 0 N–H and O–H groups in total. The Labute approximate surface area is 544 Å². The minimum atomic E-state index is -0.0365. The fourth-order valence-electron chi connectivity index (χ4n) is 14.1. The molecule has 0 fully saturated rings. The maximum Gasteiger partial charge on any atom is 0.146 e. The van der Waals surface area contributed by atoms with Crippen molar-refractivity contribution in [2.45, 2.75) is 52.4 Å². The van der Waals surface area contributed by atoms with Crippen molar-refractivity contribution in [2.75, 3.05) is 9.80 Å². The summed E-state index contributed by atoms with van der Waals surface area (Å²) in [5.74, 6) is 0. The quantitative estimate of drug-likeness (QED) is 0.120. The normalized spacial score (nSPS) is 12.0. The fourth-order valence-corrected chi connectivity index (χ4v) is 14.1. The average molecular weight is 1200 g/mol. The van der Waals surface area contributed by atoms with Gasteiger partial charge in [-0.3, -0.25) is 0 Å². The van der Waals surface area contributed by atoms with E-state index in [4.69, 9.17) is 4.42 Å². The van der Waals surface area contributed by atoms with E-state index in [1.165, 1.54) is 49.4 Å². The fraction of sp³-hybridized carbons (Fsp3) is 0.0889. The second-order valence-electron chi connectivity index (χ2n) is 26.9. The minimum Gasteiger partial charge on any atom is -0.455 e. The van der Waals surface area contributed by atoms with Gasteiger partial charge in [0.25, 0.3) is 0 Å². The van der Waals surface area contributed by atoms with Gasteiger partial charge in [0.15, 0.2) is 0 Å². The molecule has 0 unspecified atom stereocenters. The monoisotopic (exact) mass is 1190 g/mol. The lowest BCUT2D eigenvalue weighted by molar-refractivity contribution is 0.590. The molecule has 16 rings (SSSR count). The highest BCUT2D eigenvalue weighted by Gasteiger charge is 2.30. The zero-order valence-electron chi connectivity index (χ0n) is 53.3. The highest BCUT2D eigenvalue weighted by Crippen LogP contribution is 2.55. The van der Waals surface area contributed by atoms with Gasteiger partial charge in [-0.05, 0) is 194 Å². The van der Waals surface area contributed by atoms with Crippen LogP contribution in [0.1, 0.15) is 52.7 Å². The molecule has 1 heterocycles. The molecule has 446 valence electrons. The molecule has 0 atom stereocenters. The van der Waals surface area contributed by atoms with Gasteiger partial charge in [0, 0.05) is 45.0 Å². The summed E-state index contributed by atoms with van der Waals surface area (Å²) in [5, 5.41) is 11.6. The van der Waals surface area contributed by atoms with E-state index in [-0.39, 0.29) is 10.8 Å². The van der Waals surface area contributed by atoms with Crippen LogP contribution in [0.3, 0.4) is 0 Å². The van der Waals surface area contributed by atoms with Crippen molar-refractivity contribution in [1.82, 2.24) is 0 Å². The van der Waals surface area contributed by atoms with Gasteiger partial charge in [-0.1, -0.05) is 272 Å². The summed E-state index contributed by atoms with van der Waals surface area (Å²) >= 11 is 0. The van der Waals surface area contributed by atoms with Crippen LogP contribution in [-0.4, -0.2) is 0 Å². The molecule has 0 aliphatic carbocycles. The summed E-state index contributed by atoms with van der Waals surface area (Å²) in [6, 6.07) is 116. The van der Waals surface area contributed by atoms with Crippen molar-refractivity contribution >= 4 is 99.2 Å². The first-order valence-corrected chi connectivity index (χ1v) is 32.5. The summed E-state index contributed by atoms with van der Waals surface area (Å²) < 4.78 is 7.59. The van der Waals surface area contributed by atoms with Crippen molar-refractivity contribution in [1.29, 1.82) is 0 Å². The molecule has 0 radical (unpaired) electrons. The van der Waals surface area contributed by atoms with Crippen molar-refractivity contribution < 1.29 is 4.42 Å². The van der Waals surface area contributed by atoms with E-state index in [9.17, 15) is 0 Å². The first kappa shape index (κ1) is 56.9. The molecule has 3 heteroatoms. The number of hydrogen-bond donors (Lipinski definition) is 0. The Hall–Kier alpha value is -11.3. The van der Waals surface area contributed by atoms with E-state index in [0.717, 1.165) is 117 Å². The Morgan fingerprint density at radius 3 is 1.22 bits per heavy atom. The van der Waals surface area contributed by atoms with E-state index < -0.39 is 0 Å². The summed E-state index contributed by atoms with van der Waals surface area (Å²) in [6.07, 6.45) is 0. The maximum atomic E-state index is 7.59. The number of benzene rings is 15. The highest BCUT2D eigenvalue weighted by molar-refractivity contribution is 6.28. The molecule has 1 aromatic heterocycles. The van der Waals surface area contributed by atoms with Crippen LogP contribution in [0.5, 0.6) is 0 Å². The predicted octanol–water partition coefficient (Wildman–Crippen LogP) is 26.1. The van der Waals surface area contributed by atoms with Crippen LogP contribution in [0.4, 0.5) is 34.1 Å². The highest BCUT2D eigenvalue weighted by atomic mass is 16.3. The number of hydrogen-bond acceptors (Lipinski definition) is 3. The largest absolute Gasteiger partial charge is 0.455 e. The first-order valence-electron chi connectivity index (χ1n) is 32.5. The molecular formula is C90H70N2O. The third kappa shape index (κ3) is 10.4. The molecule has 0 saturated heterocycles. The van der Waals surface area contributed by atoms with E-state index in [1.807, 2.05) is 0 Å². The summed E-state index contributed by atoms with van der Waals surface area (Å²) in [6.45, 7) is 13.7. The van der Waals surface area contributed by atoms with E-state index in [2.05, 4.69) is 367 Å². The Morgan fingerprint density at radius 1 is 0.258 bits per heavy atom. The topological polar surface area (TPSA) is 19.6 Å². The van der Waals surface area contributed by atoms with Gasteiger partial charge in [0.1, 0.15) is 11.2 Å². The van der Waals surface area contributed by atoms with Crippen LogP contribution in [0.2, 0.25) is 0 Å². The number of fused-ring (bicyclic) bond motifs is 8. The zero-order valence-corrected chi connectivity index (χ0v) is 53.3. The summed E-state index contributed by atoms with van der Waals surface area (Å²) in [7, 11) is 0. The molecular weight excluding hydrogens is 1130 g/mol. The maximum absolute atomic E-state index is 7.59. The number of furan rings is 1. The molecule has 15 aromatic carbocycles.